The van der Waals surface area contributed by atoms with E-state index in [1.54, 1.807) is 22.5 Å². The van der Waals surface area contributed by atoms with Crippen LogP contribution < -0.4 is 0 Å². The van der Waals surface area contributed by atoms with Gasteiger partial charge in [0, 0.05) is 32.4 Å². The predicted molar refractivity (Wildman–Crippen MR) is 91.1 cm³/mol. The molecule has 0 N–H and O–H groups in total. The molecule has 0 unspecified atom stereocenters. The van der Waals surface area contributed by atoms with Gasteiger partial charge in [0.2, 0.25) is 10.0 Å². The average Bonchev–Trinajstić information content (AvgIpc) is 3.15. The van der Waals surface area contributed by atoms with Crippen LogP contribution in [0.15, 0.2) is 24.9 Å². The topological polar surface area (TPSA) is 101 Å². The zero-order chi connectivity index (χ0) is 18.0. The van der Waals surface area contributed by atoms with Crippen LogP contribution in [0, 0.1) is 0 Å². The molecule has 11 heteroatoms. The molecular formula is C14H17ClN6O3S. The Morgan fingerprint density at radius 1 is 1.20 bits per heavy atom. The van der Waals surface area contributed by atoms with Gasteiger partial charge < -0.3 is 4.90 Å². The Kier molecular flexibility index (Phi) is 5.02. The average molecular weight is 385 g/mol. The Labute approximate surface area is 150 Å². The van der Waals surface area contributed by atoms with E-state index in [1.165, 1.54) is 23.2 Å². The fourth-order valence-corrected chi connectivity index (χ4v) is 3.93. The SMILES string of the molecule is CCS(=O)(=O)N1CCN(C(=O)c2cnc(-n3cnnc3)c(Cl)c2)CC1. The Bertz CT molecular complexity index is 863. The minimum absolute atomic E-state index is 0.0606. The van der Waals surface area contributed by atoms with Crippen molar-refractivity contribution in [2.45, 2.75) is 6.92 Å². The third-order valence-corrected chi connectivity index (χ3v) is 6.18. The van der Waals surface area contributed by atoms with Crippen LogP contribution >= 0.6 is 11.6 Å². The van der Waals surface area contributed by atoms with Gasteiger partial charge in [-0.05, 0) is 13.0 Å². The van der Waals surface area contributed by atoms with Crippen LogP contribution in [0.1, 0.15) is 17.3 Å². The van der Waals surface area contributed by atoms with Gasteiger partial charge >= 0.3 is 0 Å². The largest absolute Gasteiger partial charge is 0.336 e. The van der Waals surface area contributed by atoms with Gasteiger partial charge in [-0.2, -0.15) is 4.31 Å². The number of carbonyl (C=O) groups is 1. The summed E-state index contributed by atoms with van der Waals surface area (Å²) in [4.78, 5) is 18.4. The number of nitrogens with zero attached hydrogens (tertiary/aromatic N) is 6. The quantitative estimate of drug-likeness (QED) is 0.757. The second kappa shape index (κ2) is 7.06. The minimum Gasteiger partial charge on any atom is -0.336 e. The number of rotatable bonds is 4. The fourth-order valence-electron chi connectivity index (χ4n) is 2.58. The third kappa shape index (κ3) is 3.65. The highest BCUT2D eigenvalue weighted by molar-refractivity contribution is 7.89. The Balaban J connectivity index is 1.71. The molecule has 1 fully saturated rings. The molecule has 1 saturated heterocycles. The minimum atomic E-state index is -3.23. The molecule has 1 aliphatic heterocycles. The molecular weight excluding hydrogens is 368 g/mol. The van der Waals surface area contributed by atoms with Crippen molar-refractivity contribution in [3.63, 3.8) is 0 Å². The van der Waals surface area contributed by atoms with E-state index in [9.17, 15) is 13.2 Å². The molecule has 0 aliphatic carbocycles. The molecule has 2 aromatic heterocycles. The molecule has 3 heterocycles. The Hall–Kier alpha value is -2.04. The fraction of sp³-hybridized carbons (Fsp3) is 0.429. The summed E-state index contributed by atoms with van der Waals surface area (Å²) in [5.41, 5.74) is 0.355. The molecule has 0 saturated carbocycles. The summed E-state index contributed by atoms with van der Waals surface area (Å²) in [6.07, 6.45) is 4.37. The maximum atomic E-state index is 12.6. The van der Waals surface area contributed by atoms with Gasteiger partial charge in [-0.1, -0.05) is 11.6 Å². The first kappa shape index (κ1) is 17.8. The first-order valence-electron chi connectivity index (χ1n) is 7.70. The van der Waals surface area contributed by atoms with Gasteiger partial charge in [-0.25, -0.2) is 13.4 Å². The van der Waals surface area contributed by atoms with Crippen LogP contribution in [0.5, 0.6) is 0 Å². The number of piperazine rings is 1. The second-order valence-electron chi connectivity index (χ2n) is 5.49. The summed E-state index contributed by atoms with van der Waals surface area (Å²) in [6.45, 7) is 2.87. The number of amides is 1. The molecule has 0 bridgehead atoms. The van der Waals surface area contributed by atoms with Crippen LogP contribution in [0.25, 0.3) is 5.82 Å². The number of sulfonamides is 1. The lowest BCUT2D eigenvalue weighted by Gasteiger charge is -2.33. The van der Waals surface area contributed by atoms with Gasteiger partial charge in [0.25, 0.3) is 5.91 Å². The Morgan fingerprint density at radius 2 is 1.84 bits per heavy atom. The maximum Gasteiger partial charge on any atom is 0.255 e. The highest BCUT2D eigenvalue weighted by Crippen LogP contribution is 2.20. The summed E-state index contributed by atoms with van der Waals surface area (Å²) in [5, 5.41) is 7.68. The number of halogens is 1. The molecule has 2 aromatic rings. The summed E-state index contributed by atoms with van der Waals surface area (Å²) in [5.74, 6) is 0.269. The zero-order valence-electron chi connectivity index (χ0n) is 13.5. The van der Waals surface area contributed by atoms with Crippen LogP contribution in [0.3, 0.4) is 0 Å². The summed E-state index contributed by atoms with van der Waals surface area (Å²) in [6, 6.07) is 1.54. The number of carbonyl (C=O) groups excluding carboxylic acids is 1. The number of hydrogen-bond donors (Lipinski definition) is 0. The van der Waals surface area contributed by atoms with E-state index in [1.807, 2.05) is 0 Å². The molecule has 134 valence electrons. The molecule has 9 nitrogen and oxygen atoms in total. The van der Waals surface area contributed by atoms with Crippen molar-refractivity contribution in [1.29, 1.82) is 0 Å². The van der Waals surface area contributed by atoms with Gasteiger partial charge in [0.1, 0.15) is 12.7 Å². The summed E-state index contributed by atoms with van der Waals surface area (Å²) >= 11 is 6.21. The van der Waals surface area contributed by atoms with E-state index in [2.05, 4.69) is 15.2 Å². The highest BCUT2D eigenvalue weighted by atomic mass is 35.5. The van der Waals surface area contributed by atoms with E-state index < -0.39 is 10.0 Å². The lowest BCUT2D eigenvalue weighted by atomic mass is 10.2. The monoisotopic (exact) mass is 384 g/mol. The number of pyridine rings is 1. The van der Waals surface area contributed by atoms with Crippen molar-refractivity contribution >= 4 is 27.5 Å². The van der Waals surface area contributed by atoms with Crippen LogP contribution in [0.2, 0.25) is 5.02 Å². The second-order valence-corrected chi connectivity index (χ2v) is 8.16. The molecule has 25 heavy (non-hydrogen) atoms. The molecule has 3 rings (SSSR count). The lowest BCUT2D eigenvalue weighted by molar-refractivity contribution is 0.0697. The normalized spacial score (nSPS) is 16.2. The zero-order valence-corrected chi connectivity index (χ0v) is 15.1. The van der Waals surface area contributed by atoms with E-state index in [0.29, 0.717) is 42.6 Å². The molecule has 0 radical (unpaired) electrons. The van der Waals surface area contributed by atoms with Crippen molar-refractivity contribution in [3.8, 4) is 5.82 Å². The lowest BCUT2D eigenvalue weighted by Crippen LogP contribution is -2.50. The van der Waals surface area contributed by atoms with Crippen molar-refractivity contribution in [1.82, 2.24) is 29.0 Å². The third-order valence-electron chi connectivity index (χ3n) is 4.02. The molecule has 0 atom stereocenters. The van der Waals surface area contributed by atoms with Crippen molar-refractivity contribution < 1.29 is 13.2 Å². The summed E-state index contributed by atoms with van der Waals surface area (Å²) < 4.78 is 26.7. The molecule has 1 amide bonds. The first-order valence-corrected chi connectivity index (χ1v) is 9.68. The van der Waals surface area contributed by atoms with E-state index >= 15 is 0 Å². The smallest absolute Gasteiger partial charge is 0.255 e. The van der Waals surface area contributed by atoms with Crippen LogP contribution in [-0.4, -0.2) is 75.2 Å². The van der Waals surface area contributed by atoms with Gasteiger partial charge in [0.05, 0.1) is 16.3 Å². The highest BCUT2D eigenvalue weighted by Gasteiger charge is 2.28. The van der Waals surface area contributed by atoms with E-state index in [4.69, 9.17) is 11.6 Å². The van der Waals surface area contributed by atoms with Crippen LogP contribution in [0.4, 0.5) is 0 Å². The summed E-state index contributed by atoms with van der Waals surface area (Å²) in [7, 11) is -3.23. The van der Waals surface area contributed by atoms with Gasteiger partial charge in [-0.15, -0.1) is 10.2 Å². The van der Waals surface area contributed by atoms with Gasteiger partial charge in [-0.3, -0.25) is 9.36 Å². The maximum absolute atomic E-state index is 12.6. The van der Waals surface area contributed by atoms with E-state index in [0.717, 1.165) is 0 Å². The molecule has 0 spiro atoms. The standard InChI is InChI=1S/C14H17ClN6O3S/c1-2-25(23,24)21-5-3-19(4-6-21)14(22)11-7-12(15)13(16-8-11)20-9-17-18-10-20/h7-10H,2-6H2,1H3. The van der Waals surface area contributed by atoms with E-state index in [-0.39, 0.29) is 11.7 Å². The Morgan fingerprint density at radius 3 is 2.40 bits per heavy atom. The first-order chi connectivity index (χ1) is 11.9. The number of aromatic nitrogens is 4. The van der Waals surface area contributed by atoms with Gasteiger partial charge in [0.15, 0.2) is 5.82 Å². The van der Waals surface area contributed by atoms with Crippen LogP contribution in [-0.2, 0) is 10.0 Å². The van der Waals surface area contributed by atoms with Crippen molar-refractivity contribution in [2.75, 3.05) is 31.9 Å². The van der Waals surface area contributed by atoms with Crippen molar-refractivity contribution in [3.05, 3.63) is 35.5 Å². The molecule has 1 aliphatic rings. The number of hydrogen-bond acceptors (Lipinski definition) is 6. The molecule has 0 aromatic carbocycles. The predicted octanol–water partition coefficient (Wildman–Crippen LogP) is 0.423. The van der Waals surface area contributed by atoms with Crippen molar-refractivity contribution in [2.24, 2.45) is 0 Å².